The van der Waals surface area contributed by atoms with Crippen LogP contribution >= 0.6 is 0 Å². The van der Waals surface area contributed by atoms with Gasteiger partial charge in [0, 0.05) is 31.6 Å². The Morgan fingerprint density at radius 3 is 2.82 bits per heavy atom. The molecule has 0 aliphatic carbocycles. The molecule has 1 fully saturated rings. The summed E-state index contributed by atoms with van der Waals surface area (Å²) in [6.07, 6.45) is 3.52. The zero-order valence-electron chi connectivity index (χ0n) is 18.7. The first-order chi connectivity index (χ1) is 16.4. The van der Waals surface area contributed by atoms with Gasteiger partial charge in [-0.05, 0) is 65.5 Å². The highest BCUT2D eigenvalue weighted by atomic mass is 32.2. The van der Waals surface area contributed by atoms with Gasteiger partial charge in [-0.2, -0.15) is 0 Å². The third-order valence-corrected chi connectivity index (χ3v) is 7.91. The molecule has 0 atom stereocenters. The van der Waals surface area contributed by atoms with Gasteiger partial charge in [-0.15, -0.1) is 0 Å². The van der Waals surface area contributed by atoms with Crippen LogP contribution in [0.2, 0.25) is 0 Å². The van der Waals surface area contributed by atoms with Crippen LogP contribution in [-0.2, 0) is 16.4 Å². The molecule has 0 spiro atoms. The highest BCUT2D eigenvalue weighted by Gasteiger charge is 2.34. The van der Waals surface area contributed by atoms with E-state index in [1.54, 1.807) is 25.5 Å². The molecule has 2 N–H and O–H groups in total. The molecule has 4 aromatic rings. The number of piperidine rings is 1. The molecule has 2 aromatic heterocycles. The number of nitrogens with zero attached hydrogens (tertiary/aromatic N) is 3. The van der Waals surface area contributed by atoms with Gasteiger partial charge < -0.3 is 19.2 Å². The van der Waals surface area contributed by atoms with Crippen LogP contribution in [0.5, 0.6) is 5.75 Å². The van der Waals surface area contributed by atoms with Gasteiger partial charge >= 0.3 is 0 Å². The van der Waals surface area contributed by atoms with Crippen LogP contribution in [0.4, 0.5) is 0 Å². The van der Waals surface area contributed by atoms with Crippen molar-refractivity contribution in [3.63, 3.8) is 0 Å². The SMILES string of the molecule is COc1ccc2occ(CCN3CCC(O)(CNS(=O)(=O)c4cccc5nonc45)CC3)c2c1. The number of aliphatic hydroxyl groups is 1. The number of likely N-dealkylation sites (tertiary alicyclic amines) is 1. The van der Waals surface area contributed by atoms with Crippen molar-refractivity contribution in [2.24, 2.45) is 0 Å². The second kappa shape index (κ2) is 8.99. The van der Waals surface area contributed by atoms with Gasteiger partial charge in [0.05, 0.1) is 19.0 Å². The summed E-state index contributed by atoms with van der Waals surface area (Å²) in [6.45, 7) is 2.08. The molecule has 0 amide bonds. The first-order valence-electron chi connectivity index (χ1n) is 11.1. The Balaban J connectivity index is 1.17. The Hall–Kier alpha value is -2.99. The van der Waals surface area contributed by atoms with Gasteiger partial charge in [0.15, 0.2) is 5.52 Å². The smallest absolute Gasteiger partial charge is 0.243 e. The molecule has 0 unspecified atom stereocenters. The predicted molar refractivity (Wildman–Crippen MR) is 124 cm³/mol. The summed E-state index contributed by atoms with van der Waals surface area (Å²) in [5, 5.41) is 19.4. The van der Waals surface area contributed by atoms with Crippen molar-refractivity contribution in [3.8, 4) is 5.75 Å². The van der Waals surface area contributed by atoms with E-state index in [1.165, 1.54) is 6.07 Å². The maximum Gasteiger partial charge on any atom is 0.243 e. The third-order valence-electron chi connectivity index (χ3n) is 6.47. The minimum absolute atomic E-state index is 0.0174. The number of sulfonamides is 1. The summed E-state index contributed by atoms with van der Waals surface area (Å²) >= 11 is 0. The van der Waals surface area contributed by atoms with Crippen molar-refractivity contribution in [3.05, 3.63) is 48.2 Å². The lowest BCUT2D eigenvalue weighted by Crippen LogP contribution is -2.51. The molecule has 1 saturated heterocycles. The molecule has 0 saturated carbocycles. The van der Waals surface area contributed by atoms with Gasteiger partial charge in [-0.3, -0.25) is 0 Å². The summed E-state index contributed by atoms with van der Waals surface area (Å²) in [7, 11) is -2.24. The lowest BCUT2D eigenvalue weighted by Gasteiger charge is -2.38. The maximum atomic E-state index is 12.8. The number of ether oxygens (including phenoxy) is 1. The fourth-order valence-electron chi connectivity index (χ4n) is 4.34. The average Bonchev–Trinajstić information content (AvgIpc) is 3.49. The van der Waals surface area contributed by atoms with Gasteiger partial charge in [0.25, 0.3) is 0 Å². The van der Waals surface area contributed by atoms with Gasteiger partial charge in [-0.25, -0.2) is 17.8 Å². The minimum Gasteiger partial charge on any atom is -0.497 e. The first-order valence-corrected chi connectivity index (χ1v) is 12.6. The maximum absolute atomic E-state index is 12.8. The van der Waals surface area contributed by atoms with Crippen LogP contribution in [0.3, 0.4) is 0 Å². The second-order valence-corrected chi connectivity index (χ2v) is 10.4. The van der Waals surface area contributed by atoms with E-state index in [-0.39, 0.29) is 17.0 Å². The van der Waals surface area contributed by atoms with Crippen molar-refractivity contribution >= 4 is 32.0 Å². The molecule has 34 heavy (non-hydrogen) atoms. The summed E-state index contributed by atoms with van der Waals surface area (Å²) < 4.78 is 43.8. The van der Waals surface area contributed by atoms with Crippen molar-refractivity contribution in [2.75, 3.05) is 33.3 Å². The van der Waals surface area contributed by atoms with Crippen LogP contribution in [-0.4, -0.2) is 67.6 Å². The number of nitrogens with one attached hydrogen (secondary N) is 1. The summed E-state index contributed by atoms with van der Waals surface area (Å²) in [5.41, 5.74) is 1.35. The molecule has 10 nitrogen and oxygen atoms in total. The Morgan fingerprint density at radius 1 is 1.21 bits per heavy atom. The van der Waals surface area contributed by atoms with Crippen LogP contribution < -0.4 is 9.46 Å². The highest BCUT2D eigenvalue weighted by molar-refractivity contribution is 7.89. The van der Waals surface area contributed by atoms with E-state index >= 15 is 0 Å². The second-order valence-electron chi connectivity index (χ2n) is 8.65. The lowest BCUT2D eigenvalue weighted by atomic mass is 9.91. The Bertz CT molecular complexity index is 1410. The fraction of sp³-hybridized carbons (Fsp3) is 0.391. The van der Waals surface area contributed by atoms with Gasteiger partial charge in [0.2, 0.25) is 10.0 Å². The highest BCUT2D eigenvalue weighted by Crippen LogP contribution is 2.28. The first kappa shape index (κ1) is 22.8. The molecule has 1 aliphatic heterocycles. The van der Waals surface area contributed by atoms with Crippen molar-refractivity contribution in [1.29, 1.82) is 0 Å². The van der Waals surface area contributed by atoms with Crippen LogP contribution in [0.1, 0.15) is 18.4 Å². The van der Waals surface area contributed by atoms with E-state index in [0.717, 1.165) is 35.2 Å². The Kier molecular flexibility index (Phi) is 6.02. The van der Waals surface area contributed by atoms with E-state index in [9.17, 15) is 13.5 Å². The molecule has 3 heterocycles. The standard InChI is InChI=1S/C23H26N4O6S/c1-31-17-5-6-20-18(13-17)16(14-32-20)7-10-27-11-8-23(28,9-12-27)15-24-34(29,30)21-4-2-3-19-22(21)26-33-25-19/h2-6,13-14,24,28H,7-12,15H2,1H3. The number of hydrogen-bond acceptors (Lipinski definition) is 9. The van der Waals surface area contributed by atoms with Crippen molar-refractivity contribution < 1.29 is 27.3 Å². The topological polar surface area (TPSA) is 131 Å². The molecule has 0 radical (unpaired) electrons. The van der Waals surface area contributed by atoms with E-state index in [4.69, 9.17) is 9.15 Å². The molecule has 1 aliphatic rings. The molecular weight excluding hydrogens is 460 g/mol. The number of rotatable bonds is 8. The minimum atomic E-state index is -3.88. The monoisotopic (exact) mass is 486 g/mol. The summed E-state index contributed by atoms with van der Waals surface area (Å²) in [6, 6.07) is 10.4. The molecule has 2 aromatic carbocycles. The number of furan rings is 1. The van der Waals surface area contributed by atoms with Crippen LogP contribution in [0.15, 0.2) is 56.6 Å². The predicted octanol–water partition coefficient (Wildman–Crippen LogP) is 2.33. The largest absolute Gasteiger partial charge is 0.497 e. The normalized spacial score (nSPS) is 16.9. The number of hydrogen-bond donors (Lipinski definition) is 2. The molecular formula is C23H26N4O6S. The Labute approximate surface area is 196 Å². The van der Waals surface area contributed by atoms with E-state index in [2.05, 4.69) is 24.6 Å². The van der Waals surface area contributed by atoms with Crippen molar-refractivity contribution in [2.45, 2.75) is 29.8 Å². The number of methoxy groups -OCH3 is 1. The van der Waals surface area contributed by atoms with Crippen LogP contribution in [0, 0.1) is 0 Å². The molecule has 11 heteroatoms. The lowest BCUT2D eigenvalue weighted by molar-refractivity contribution is -0.0158. The zero-order chi connectivity index (χ0) is 23.8. The number of aromatic nitrogens is 2. The average molecular weight is 487 g/mol. The molecule has 0 bridgehead atoms. The van der Waals surface area contributed by atoms with E-state index < -0.39 is 15.6 Å². The molecule has 5 rings (SSSR count). The molecule has 180 valence electrons. The fourth-order valence-corrected chi connectivity index (χ4v) is 5.60. The summed E-state index contributed by atoms with van der Waals surface area (Å²) in [5.74, 6) is 0.789. The van der Waals surface area contributed by atoms with Crippen molar-refractivity contribution in [1.82, 2.24) is 19.9 Å². The number of fused-ring (bicyclic) bond motifs is 2. The summed E-state index contributed by atoms with van der Waals surface area (Å²) in [4.78, 5) is 2.25. The van der Waals surface area contributed by atoms with E-state index in [1.807, 2.05) is 18.2 Å². The van der Waals surface area contributed by atoms with Gasteiger partial charge in [0.1, 0.15) is 21.7 Å². The van der Waals surface area contributed by atoms with Gasteiger partial charge in [-0.1, -0.05) is 6.07 Å². The Morgan fingerprint density at radius 2 is 2.03 bits per heavy atom. The third kappa shape index (κ3) is 4.51. The van der Waals surface area contributed by atoms with E-state index in [0.29, 0.717) is 31.4 Å². The van der Waals surface area contributed by atoms with Crippen LogP contribution in [0.25, 0.3) is 22.0 Å². The zero-order valence-corrected chi connectivity index (χ0v) is 19.5. The number of benzene rings is 2. The quantitative estimate of drug-likeness (QED) is 0.385.